The number of nitrogens with two attached hydrogens (primary N) is 1. The quantitative estimate of drug-likeness (QED) is 0.873. The average Bonchev–Trinajstić information content (AvgIpc) is 2.73. The summed E-state index contributed by atoms with van der Waals surface area (Å²) in [7, 11) is 0. The van der Waals surface area contributed by atoms with Crippen molar-refractivity contribution in [1.29, 1.82) is 0 Å². The first kappa shape index (κ1) is 10.6. The van der Waals surface area contributed by atoms with Crippen molar-refractivity contribution in [1.82, 2.24) is 0 Å². The van der Waals surface area contributed by atoms with E-state index in [-0.39, 0.29) is 6.04 Å². The van der Waals surface area contributed by atoms with Gasteiger partial charge in [0.15, 0.2) is 0 Å². The maximum absolute atomic E-state index is 6.22. The van der Waals surface area contributed by atoms with Gasteiger partial charge in [0.25, 0.3) is 0 Å². The molecule has 17 heavy (non-hydrogen) atoms. The smallest absolute Gasteiger partial charge is 0.101 e. The summed E-state index contributed by atoms with van der Waals surface area (Å²) in [5, 5.41) is 0. The minimum absolute atomic E-state index is 0.0887. The number of rotatable bonds is 3. The summed E-state index contributed by atoms with van der Waals surface area (Å²) >= 11 is 0. The molecule has 2 unspecified atom stereocenters. The molecule has 1 aromatic carbocycles. The van der Waals surface area contributed by atoms with Crippen LogP contribution in [0.2, 0.25) is 0 Å². The van der Waals surface area contributed by atoms with Crippen LogP contribution >= 0.6 is 0 Å². The van der Waals surface area contributed by atoms with E-state index >= 15 is 0 Å². The Morgan fingerprint density at radius 2 is 2.24 bits per heavy atom. The Bertz CT molecular complexity index is 529. The van der Waals surface area contributed by atoms with E-state index in [0.29, 0.717) is 5.92 Å². The van der Waals surface area contributed by atoms with Gasteiger partial charge in [0.05, 0.1) is 6.26 Å². The predicted octanol–water partition coefficient (Wildman–Crippen LogP) is 3.32. The van der Waals surface area contributed by atoms with Gasteiger partial charge in [-0.1, -0.05) is 24.3 Å². The Balaban J connectivity index is 1.70. The molecule has 2 N–H and O–H groups in total. The minimum Gasteiger partial charge on any atom is -0.469 e. The number of aryl methyl sites for hydroxylation is 1. The molecular weight excluding hydrogens is 210 g/mol. The molecule has 0 fully saturated rings. The van der Waals surface area contributed by atoms with Crippen LogP contribution in [0.3, 0.4) is 0 Å². The molecule has 1 aromatic heterocycles. The zero-order valence-electron chi connectivity index (χ0n) is 10.0. The fraction of sp³-hybridized carbons (Fsp3) is 0.333. The molecule has 0 radical (unpaired) electrons. The molecule has 0 saturated carbocycles. The summed E-state index contributed by atoms with van der Waals surface area (Å²) in [5.41, 5.74) is 10.3. The van der Waals surface area contributed by atoms with Crippen molar-refractivity contribution >= 4 is 0 Å². The Hall–Kier alpha value is -1.54. The van der Waals surface area contributed by atoms with Crippen LogP contribution in [0, 0.1) is 6.92 Å². The van der Waals surface area contributed by atoms with E-state index in [1.165, 1.54) is 17.5 Å². The molecule has 0 spiro atoms. The first-order valence-electron chi connectivity index (χ1n) is 6.12. The van der Waals surface area contributed by atoms with Crippen LogP contribution in [0.15, 0.2) is 41.0 Å². The van der Waals surface area contributed by atoms with Crippen LogP contribution in [0.4, 0.5) is 0 Å². The van der Waals surface area contributed by atoms with E-state index in [9.17, 15) is 0 Å². The third kappa shape index (κ3) is 1.89. The highest BCUT2D eigenvalue weighted by molar-refractivity contribution is 5.40. The van der Waals surface area contributed by atoms with Crippen molar-refractivity contribution in [2.24, 2.45) is 5.73 Å². The summed E-state index contributed by atoms with van der Waals surface area (Å²) in [6.07, 6.45) is 3.96. The van der Waals surface area contributed by atoms with Crippen LogP contribution in [0.1, 0.15) is 40.8 Å². The second-order valence-corrected chi connectivity index (χ2v) is 4.93. The summed E-state index contributed by atoms with van der Waals surface area (Å²) in [4.78, 5) is 0. The van der Waals surface area contributed by atoms with Crippen molar-refractivity contribution in [2.75, 3.05) is 0 Å². The Kier molecular flexibility index (Phi) is 2.52. The molecular formula is C15H17NO. The number of hydrogen-bond donors (Lipinski definition) is 1. The Morgan fingerprint density at radius 3 is 2.94 bits per heavy atom. The molecule has 0 aliphatic heterocycles. The van der Waals surface area contributed by atoms with Gasteiger partial charge in [-0.2, -0.15) is 0 Å². The lowest BCUT2D eigenvalue weighted by Crippen LogP contribution is -2.22. The summed E-state index contributed by atoms with van der Waals surface area (Å²) in [6, 6.07) is 10.8. The molecule has 1 heterocycles. The second kappa shape index (κ2) is 4.04. The summed E-state index contributed by atoms with van der Waals surface area (Å²) < 4.78 is 5.31. The Labute approximate surface area is 101 Å². The molecule has 0 bridgehead atoms. The molecule has 2 nitrogen and oxygen atoms in total. The van der Waals surface area contributed by atoms with Gasteiger partial charge in [0, 0.05) is 11.6 Å². The number of benzene rings is 1. The van der Waals surface area contributed by atoms with E-state index < -0.39 is 0 Å². The topological polar surface area (TPSA) is 39.2 Å². The fourth-order valence-corrected chi connectivity index (χ4v) is 2.67. The molecule has 0 amide bonds. The van der Waals surface area contributed by atoms with Crippen LogP contribution in [0.5, 0.6) is 0 Å². The molecule has 2 aromatic rings. The second-order valence-electron chi connectivity index (χ2n) is 4.93. The van der Waals surface area contributed by atoms with Crippen LogP contribution in [0.25, 0.3) is 0 Å². The first-order chi connectivity index (χ1) is 8.24. The van der Waals surface area contributed by atoms with E-state index in [1.807, 2.05) is 13.0 Å². The highest BCUT2D eigenvalue weighted by Gasteiger charge is 2.27. The molecule has 2 atom stereocenters. The Morgan fingerprint density at radius 1 is 1.41 bits per heavy atom. The van der Waals surface area contributed by atoms with Crippen LogP contribution in [-0.4, -0.2) is 0 Å². The highest BCUT2D eigenvalue weighted by atomic mass is 16.3. The third-order valence-corrected chi connectivity index (χ3v) is 3.68. The van der Waals surface area contributed by atoms with Gasteiger partial charge in [-0.15, -0.1) is 0 Å². The summed E-state index contributed by atoms with van der Waals surface area (Å²) in [5.74, 6) is 1.56. The van der Waals surface area contributed by atoms with Crippen molar-refractivity contribution in [3.8, 4) is 0 Å². The molecule has 2 heteroatoms. The van der Waals surface area contributed by atoms with Crippen LogP contribution < -0.4 is 5.73 Å². The molecule has 0 saturated heterocycles. The first-order valence-corrected chi connectivity index (χ1v) is 6.12. The lowest BCUT2D eigenvalue weighted by molar-refractivity contribution is 0.488. The largest absolute Gasteiger partial charge is 0.469 e. The predicted molar refractivity (Wildman–Crippen MR) is 67.9 cm³/mol. The molecule has 1 aliphatic rings. The van der Waals surface area contributed by atoms with Crippen molar-refractivity contribution in [2.45, 2.75) is 31.7 Å². The molecule has 3 rings (SSSR count). The van der Waals surface area contributed by atoms with E-state index in [1.54, 1.807) is 6.26 Å². The van der Waals surface area contributed by atoms with Gasteiger partial charge in [0.1, 0.15) is 5.76 Å². The number of furan rings is 1. The van der Waals surface area contributed by atoms with Gasteiger partial charge < -0.3 is 10.2 Å². The number of fused-ring (bicyclic) bond motifs is 1. The van der Waals surface area contributed by atoms with Crippen LogP contribution in [-0.2, 0) is 6.42 Å². The normalized spacial score (nSPS) is 19.5. The highest BCUT2D eigenvalue weighted by Crippen LogP contribution is 2.40. The fourth-order valence-electron chi connectivity index (χ4n) is 2.67. The molecule has 88 valence electrons. The number of hydrogen-bond acceptors (Lipinski definition) is 2. The maximum Gasteiger partial charge on any atom is 0.101 e. The van der Waals surface area contributed by atoms with Crippen molar-refractivity contribution in [3.63, 3.8) is 0 Å². The van der Waals surface area contributed by atoms with Gasteiger partial charge in [0.2, 0.25) is 0 Å². The van der Waals surface area contributed by atoms with Gasteiger partial charge in [-0.25, -0.2) is 0 Å². The van der Waals surface area contributed by atoms with E-state index in [2.05, 4.69) is 24.3 Å². The zero-order valence-corrected chi connectivity index (χ0v) is 10.0. The summed E-state index contributed by atoms with van der Waals surface area (Å²) in [6.45, 7) is 1.95. The van der Waals surface area contributed by atoms with Crippen molar-refractivity contribution < 1.29 is 4.42 Å². The standard InChI is InChI=1S/C15H17NO/c1-10-6-13(9-17-10)15(16)8-12-7-11-4-2-3-5-14(11)12/h2-6,9,12,15H,7-8,16H2,1H3. The third-order valence-electron chi connectivity index (χ3n) is 3.68. The van der Waals surface area contributed by atoms with E-state index in [0.717, 1.165) is 17.7 Å². The lowest BCUT2D eigenvalue weighted by Gasteiger charge is -2.31. The van der Waals surface area contributed by atoms with Gasteiger partial charge in [-0.05, 0) is 42.9 Å². The SMILES string of the molecule is Cc1cc(C(N)CC2Cc3ccccc32)co1. The lowest BCUT2D eigenvalue weighted by atomic mass is 9.74. The minimum atomic E-state index is 0.0887. The molecule has 1 aliphatic carbocycles. The van der Waals surface area contributed by atoms with E-state index in [4.69, 9.17) is 10.2 Å². The van der Waals surface area contributed by atoms with Gasteiger partial charge in [-0.3, -0.25) is 0 Å². The van der Waals surface area contributed by atoms with Gasteiger partial charge >= 0.3 is 0 Å². The maximum atomic E-state index is 6.22. The average molecular weight is 227 g/mol. The monoisotopic (exact) mass is 227 g/mol. The van der Waals surface area contributed by atoms with Crippen molar-refractivity contribution in [3.05, 3.63) is 59.0 Å². The zero-order chi connectivity index (χ0) is 11.8.